The van der Waals surface area contributed by atoms with E-state index in [2.05, 4.69) is 22.0 Å². The number of nitriles is 1. The summed E-state index contributed by atoms with van der Waals surface area (Å²) in [6, 6.07) is 9.72. The lowest BCUT2D eigenvalue weighted by Gasteiger charge is -2.33. The molecule has 1 aromatic carbocycles. The molecule has 0 saturated heterocycles. The number of hydrogen-bond acceptors (Lipinski definition) is 4. The fraction of sp³-hybridized carbons (Fsp3) is 0.294. The second-order valence-corrected chi connectivity index (χ2v) is 6.67. The van der Waals surface area contributed by atoms with Gasteiger partial charge in [-0.15, -0.1) is 0 Å². The van der Waals surface area contributed by atoms with Crippen molar-refractivity contribution in [1.82, 2.24) is 0 Å². The third-order valence-corrected chi connectivity index (χ3v) is 4.54. The predicted molar refractivity (Wildman–Crippen MR) is 85.2 cm³/mol. The highest BCUT2D eigenvalue weighted by Crippen LogP contribution is 2.44. The highest BCUT2D eigenvalue weighted by atomic mass is 79.9. The topological polar surface area (TPSA) is 76.1 Å². The van der Waals surface area contributed by atoms with Crippen molar-refractivity contribution in [2.75, 3.05) is 0 Å². The number of carbonyl (C=O) groups is 1. The van der Waals surface area contributed by atoms with E-state index < -0.39 is 5.92 Å². The molecule has 112 valence electrons. The Morgan fingerprint density at radius 2 is 2.18 bits per heavy atom. The van der Waals surface area contributed by atoms with E-state index in [0.29, 0.717) is 29.7 Å². The van der Waals surface area contributed by atoms with Crippen LogP contribution in [0.1, 0.15) is 31.2 Å². The normalized spacial score (nSPS) is 24.7. The molecule has 0 unspecified atom stereocenters. The van der Waals surface area contributed by atoms with Gasteiger partial charge < -0.3 is 10.5 Å². The summed E-state index contributed by atoms with van der Waals surface area (Å²) in [4.78, 5) is 12.6. The van der Waals surface area contributed by atoms with Gasteiger partial charge in [0, 0.05) is 22.9 Å². The Labute approximate surface area is 137 Å². The van der Waals surface area contributed by atoms with Gasteiger partial charge in [0.2, 0.25) is 5.88 Å². The summed E-state index contributed by atoms with van der Waals surface area (Å²) in [5.41, 5.74) is 7.69. The van der Waals surface area contributed by atoms with Crippen LogP contribution in [-0.4, -0.2) is 5.78 Å². The molecule has 2 atom stereocenters. The van der Waals surface area contributed by atoms with Crippen LogP contribution in [-0.2, 0) is 9.53 Å². The molecule has 0 saturated carbocycles. The Morgan fingerprint density at radius 1 is 1.41 bits per heavy atom. The van der Waals surface area contributed by atoms with Crippen LogP contribution in [0.4, 0.5) is 0 Å². The average Bonchev–Trinajstić information content (AvgIpc) is 2.45. The number of Topliss-reactive ketones (excluding diaryl/α,β-unsaturated/α-hetero) is 1. The monoisotopic (exact) mass is 358 g/mol. The van der Waals surface area contributed by atoms with Crippen molar-refractivity contribution in [3.63, 3.8) is 0 Å². The molecule has 5 heteroatoms. The number of ether oxygens (including phenoxy) is 1. The van der Waals surface area contributed by atoms with Crippen LogP contribution in [0.25, 0.3) is 0 Å². The first-order chi connectivity index (χ1) is 10.5. The van der Waals surface area contributed by atoms with Crippen LogP contribution in [0, 0.1) is 17.2 Å². The SMILES string of the molecule is C[C@@H]1CC(=O)C2=C(C1)OC(N)=C(C#N)[C@@H]2c1cccc(Br)c1. The maximum atomic E-state index is 12.6. The van der Waals surface area contributed by atoms with E-state index >= 15 is 0 Å². The summed E-state index contributed by atoms with van der Waals surface area (Å²) in [6.45, 7) is 2.01. The second-order valence-electron chi connectivity index (χ2n) is 5.75. The maximum absolute atomic E-state index is 12.6. The zero-order chi connectivity index (χ0) is 15.9. The van der Waals surface area contributed by atoms with Gasteiger partial charge in [-0.2, -0.15) is 5.26 Å². The Bertz CT molecular complexity index is 758. The molecule has 4 nitrogen and oxygen atoms in total. The third-order valence-electron chi connectivity index (χ3n) is 4.05. The minimum Gasteiger partial charge on any atom is -0.444 e. The maximum Gasteiger partial charge on any atom is 0.205 e. The van der Waals surface area contributed by atoms with Crippen LogP contribution < -0.4 is 5.73 Å². The van der Waals surface area contributed by atoms with E-state index in [9.17, 15) is 10.1 Å². The van der Waals surface area contributed by atoms with Crippen LogP contribution in [0.3, 0.4) is 0 Å². The second kappa shape index (κ2) is 5.62. The van der Waals surface area contributed by atoms with Gasteiger partial charge in [0.25, 0.3) is 0 Å². The molecule has 2 N–H and O–H groups in total. The Morgan fingerprint density at radius 3 is 2.86 bits per heavy atom. The summed E-state index contributed by atoms with van der Waals surface area (Å²) >= 11 is 3.44. The molecule has 0 amide bonds. The largest absolute Gasteiger partial charge is 0.444 e. The Balaban J connectivity index is 2.19. The average molecular weight is 359 g/mol. The van der Waals surface area contributed by atoms with Crippen LogP contribution in [0.2, 0.25) is 0 Å². The third kappa shape index (κ3) is 2.44. The zero-order valence-corrected chi connectivity index (χ0v) is 13.7. The smallest absolute Gasteiger partial charge is 0.205 e. The number of halogens is 1. The molecule has 1 aliphatic carbocycles. The van der Waals surface area contributed by atoms with Crippen LogP contribution >= 0.6 is 15.9 Å². The van der Waals surface area contributed by atoms with Crippen molar-refractivity contribution in [2.45, 2.75) is 25.7 Å². The molecule has 1 aromatic rings. The van der Waals surface area contributed by atoms with E-state index in [1.807, 2.05) is 31.2 Å². The van der Waals surface area contributed by atoms with Gasteiger partial charge >= 0.3 is 0 Å². The molecular formula is C17H15BrN2O2. The van der Waals surface area contributed by atoms with E-state index in [4.69, 9.17) is 10.5 Å². The van der Waals surface area contributed by atoms with Crippen LogP contribution in [0.5, 0.6) is 0 Å². The molecule has 0 spiro atoms. The number of ketones is 1. The predicted octanol–water partition coefficient (Wildman–Crippen LogP) is 3.51. The minimum atomic E-state index is -0.439. The molecule has 0 fully saturated rings. The first kappa shape index (κ1) is 14.9. The molecule has 2 aliphatic rings. The summed E-state index contributed by atoms with van der Waals surface area (Å²) in [5, 5.41) is 9.48. The molecule has 0 radical (unpaired) electrons. The summed E-state index contributed by atoms with van der Waals surface area (Å²) in [7, 11) is 0. The number of rotatable bonds is 1. The first-order valence-corrected chi connectivity index (χ1v) is 7.89. The van der Waals surface area contributed by atoms with Gasteiger partial charge in [-0.05, 0) is 23.6 Å². The molecule has 0 aromatic heterocycles. The zero-order valence-electron chi connectivity index (χ0n) is 12.1. The van der Waals surface area contributed by atoms with Crippen molar-refractivity contribution in [1.29, 1.82) is 5.26 Å². The molecule has 1 heterocycles. The summed E-state index contributed by atoms with van der Waals surface area (Å²) in [5.74, 6) is 0.550. The van der Waals surface area contributed by atoms with Gasteiger partial charge in [0.15, 0.2) is 5.78 Å². The van der Waals surface area contributed by atoms with Gasteiger partial charge in [0.05, 0.1) is 5.92 Å². The van der Waals surface area contributed by atoms with E-state index in [1.54, 1.807) is 0 Å². The lowest BCUT2D eigenvalue weighted by atomic mass is 9.75. The van der Waals surface area contributed by atoms with Gasteiger partial charge in [-0.3, -0.25) is 4.79 Å². The van der Waals surface area contributed by atoms with Gasteiger partial charge in [-0.25, -0.2) is 0 Å². The molecule has 3 rings (SSSR count). The molecule has 0 bridgehead atoms. The standard InChI is InChI=1S/C17H15BrN2O2/c1-9-5-13(21)16-14(6-9)22-17(20)12(8-19)15(16)10-3-2-4-11(18)7-10/h2-4,7,9,15H,5-6,20H2,1H3/t9-,15+/m1/s1. The molecule has 1 aliphatic heterocycles. The van der Waals surface area contributed by atoms with Crippen molar-refractivity contribution in [3.05, 3.63) is 57.1 Å². The number of nitrogens with zero attached hydrogens (tertiary/aromatic N) is 1. The highest BCUT2D eigenvalue weighted by molar-refractivity contribution is 9.10. The van der Waals surface area contributed by atoms with Crippen molar-refractivity contribution in [2.24, 2.45) is 11.7 Å². The number of carbonyl (C=O) groups excluding carboxylic acids is 1. The number of allylic oxidation sites excluding steroid dienone is 3. The Hall–Kier alpha value is -2.06. The lowest BCUT2D eigenvalue weighted by molar-refractivity contribution is -0.117. The number of nitrogens with two attached hydrogens (primary N) is 1. The van der Waals surface area contributed by atoms with E-state index in [-0.39, 0.29) is 17.6 Å². The van der Waals surface area contributed by atoms with E-state index in [1.165, 1.54) is 0 Å². The molecular weight excluding hydrogens is 344 g/mol. The quantitative estimate of drug-likeness (QED) is 0.833. The molecule has 22 heavy (non-hydrogen) atoms. The summed E-state index contributed by atoms with van der Waals surface area (Å²) < 4.78 is 6.49. The number of hydrogen-bond donors (Lipinski definition) is 1. The summed E-state index contributed by atoms with van der Waals surface area (Å²) in [6.07, 6.45) is 1.15. The van der Waals surface area contributed by atoms with E-state index in [0.717, 1.165) is 10.0 Å². The van der Waals surface area contributed by atoms with Gasteiger partial charge in [0.1, 0.15) is 17.4 Å². The highest BCUT2D eigenvalue weighted by Gasteiger charge is 2.39. The van der Waals surface area contributed by atoms with Crippen LogP contribution in [0.15, 0.2) is 51.5 Å². The fourth-order valence-electron chi connectivity index (χ4n) is 3.11. The van der Waals surface area contributed by atoms with Crippen molar-refractivity contribution >= 4 is 21.7 Å². The van der Waals surface area contributed by atoms with Crippen molar-refractivity contribution in [3.8, 4) is 6.07 Å². The lowest BCUT2D eigenvalue weighted by Crippen LogP contribution is -2.29. The minimum absolute atomic E-state index is 0.0407. The van der Waals surface area contributed by atoms with Crippen molar-refractivity contribution < 1.29 is 9.53 Å². The fourth-order valence-corrected chi connectivity index (χ4v) is 3.53. The Kier molecular flexibility index (Phi) is 3.79. The number of benzene rings is 1. The van der Waals surface area contributed by atoms with Gasteiger partial charge in [-0.1, -0.05) is 35.0 Å². The first-order valence-electron chi connectivity index (χ1n) is 7.10.